The summed E-state index contributed by atoms with van der Waals surface area (Å²) >= 11 is 3.45. The van der Waals surface area contributed by atoms with Crippen molar-refractivity contribution in [3.63, 3.8) is 0 Å². The molecular formula is C30H36BrFN4O4S. The number of benzene rings is 3. The highest BCUT2D eigenvalue weighted by molar-refractivity contribution is 9.10. The Balaban J connectivity index is 2.11. The fourth-order valence-electron chi connectivity index (χ4n) is 4.18. The first-order valence-corrected chi connectivity index (χ1v) is 15.5. The topological polar surface area (TPSA) is 90.0 Å². The SMILES string of the molecule is CC[C@H](C)NC(=O)[C@@H](Cc1ccccc1)N(Cc1cccc(Br)c1)C(=O)CN(c1ccccc1F)S(=O)(=O)N(C)C. The molecule has 0 unspecified atom stereocenters. The van der Waals surface area contributed by atoms with Crippen LogP contribution in [0.4, 0.5) is 10.1 Å². The third kappa shape index (κ3) is 8.61. The maximum Gasteiger partial charge on any atom is 0.304 e. The second-order valence-corrected chi connectivity index (χ2v) is 12.9. The first kappa shape index (κ1) is 32.2. The van der Waals surface area contributed by atoms with E-state index in [4.69, 9.17) is 0 Å². The maximum atomic E-state index is 14.9. The van der Waals surface area contributed by atoms with Gasteiger partial charge in [0.25, 0.3) is 0 Å². The standard InChI is InChI=1S/C30H36BrFN4O4S/c1-5-22(2)33-30(38)28(19-23-12-7-6-8-13-23)35(20-24-14-11-15-25(31)18-24)29(37)21-36(41(39,40)34(3)4)27-17-10-9-16-26(27)32/h6-18,22,28H,5,19-21H2,1-4H3,(H,33,38)/t22-,28+/m0/s1. The van der Waals surface area contributed by atoms with Crippen LogP contribution in [0.15, 0.2) is 83.3 Å². The van der Waals surface area contributed by atoms with E-state index in [1.165, 1.54) is 37.2 Å². The number of carbonyl (C=O) groups is 2. The number of para-hydroxylation sites is 1. The van der Waals surface area contributed by atoms with Gasteiger partial charge in [-0.2, -0.15) is 12.7 Å². The van der Waals surface area contributed by atoms with Crippen molar-refractivity contribution >= 4 is 43.6 Å². The van der Waals surface area contributed by atoms with Crippen molar-refractivity contribution in [2.75, 3.05) is 24.9 Å². The molecule has 3 aromatic rings. The molecule has 2 amide bonds. The van der Waals surface area contributed by atoms with E-state index in [9.17, 15) is 22.4 Å². The monoisotopic (exact) mass is 646 g/mol. The van der Waals surface area contributed by atoms with Crippen molar-refractivity contribution < 1.29 is 22.4 Å². The average molecular weight is 648 g/mol. The number of nitrogens with one attached hydrogen (secondary N) is 1. The van der Waals surface area contributed by atoms with Crippen LogP contribution in [0.1, 0.15) is 31.4 Å². The maximum absolute atomic E-state index is 14.9. The van der Waals surface area contributed by atoms with Gasteiger partial charge in [0.15, 0.2) is 0 Å². The number of rotatable bonds is 13. The van der Waals surface area contributed by atoms with Crippen LogP contribution >= 0.6 is 15.9 Å². The lowest BCUT2D eigenvalue weighted by atomic mass is 10.0. The van der Waals surface area contributed by atoms with Gasteiger partial charge in [-0.05, 0) is 48.7 Å². The first-order valence-electron chi connectivity index (χ1n) is 13.3. The Morgan fingerprint density at radius 1 is 0.951 bits per heavy atom. The number of carbonyl (C=O) groups excluding carboxylic acids is 2. The summed E-state index contributed by atoms with van der Waals surface area (Å²) in [5.74, 6) is -1.81. The Bertz CT molecular complexity index is 1440. The smallest absolute Gasteiger partial charge is 0.304 e. The number of hydrogen-bond donors (Lipinski definition) is 1. The minimum atomic E-state index is -4.28. The third-order valence-corrected chi connectivity index (χ3v) is 8.95. The van der Waals surface area contributed by atoms with Crippen LogP contribution in [-0.4, -0.2) is 62.2 Å². The van der Waals surface area contributed by atoms with Crippen LogP contribution in [0.3, 0.4) is 0 Å². The Kier molecular flexibility index (Phi) is 11.5. The van der Waals surface area contributed by atoms with Crippen molar-refractivity contribution in [2.45, 2.75) is 45.3 Å². The zero-order valence-electron chi connectivity index (χ0n) is 23.6. The molecule has 0 spiro atoms. The van der Waals surface area contributed by atoms with Crippen molar-refractivity contribution in [3.8, 4) is 0 Å². The lowest BCUT2D eigenvalue weighted by Crippen LogP contribution is -2.55. The molecule has 0 heterocycles. The van der Waals surface area contributed by atoms with Gasteiger partial charge in [-0.1, -0.05) is 77.5 Å². The van der Waals surface area contributed by atoms with Crippen LogP contribution in [-0.2, 0) is 32.8 Å². The molecule has 8 nitrogen and oxygen atoms in total. The lowest BCUT2D eigenvalue weighted by Gasteiger charge is -2.35. The fraction of sp³-hybridized carbons (Fsp3) is 0.333. The van der Waals surface area contributed by atoms with E-state index in [1.54, 1.807) is 0 Å². The molecule has 0 radical (unpaired) electrons. The van der Waals surface area contributed by atoms with E-state index >= 15 is 0 Å². The molecule has 3 rings (SSSR count). The number of nitrogens with zero attached hydrogens (tertiary/aromatic N) is 3. The zero-order valence-corrected chi connectivity index (χ0v) is 26.0. The van der Waals surface area contributed by atoms with Gasteiger partial charge in [-0.15, -0.1) is 0 Å². The first-order chi connectivity index (χ1) is 19.4. The minimum Gasteiger partial charge on any atom is -0.352 e. The van der Waals surface area contributed by atoms with Crippen molar-refractivity contribution in [1.29, 1.82) is 0 Å². The van der Waals surface area contributed by atoms with E-state index in [1.807, 2.05) is 68.4 Å². The molecule has 11 heteroatoms. The number of hydrogen-bond acceptors (Lipinski definition) is 4. The Morgan fingerprint density at radius 2 is 1.59 bits per heavy atom. The van der Waals surface area contributed by atoms with Crippen LogP contribution < -0.4 is 9.62 Å². The molecule has 3 aromatic carbocycles. The molecular weight excluding hydrogens is 611 g/mol. The summed E-state index contributed by atoms with van der Waals surface area (Å²) in [4.78, 5) is 29.3. The number of anilines is 1. The quantitative estimate of drug-likeness (QED) is 0.290. The minimum absolute atomic E-state index is 0.0246. The van der Waals surface area contributed by atoms with Gasteiger partial charge in [0, 0.05) is 37.6 Å². The lowest BCUT2D eigenvalue weighted by molar-refractivity contribution is -0.140. The van der Waals surface area contributed by atoms with E-state index in [2.05, 4.69) is 21.2 Å². The molecule has 1 N–H and O–H groups in total. The van der Waals surface area contributed by atoms with Crippen LogP contribution in [0, 0.1) is 5.82 Å². The summed E-state index contributed by atoms with van der Waals surface area (Å²) in [6, 6.07) is 20.9. The Morgan fingerprint density at radius 3 is 2.20 bits per heavy atom. The molecule has 0 saturated heterocycles. The van der Waals surface area contributed by atoms with Crippen LogP contribution in [0.25, 0.3) is 0 Å². The largest absolute Gasteiger partial charge is 0.352 e. The molecule has 0 bridgehead atoms. The van der Waals surface area contributed by atoms with Gasteiger partial charge in [0.2, 0.25) is 11.8 Å². The van der Waals surface area contributed by atoms with Crippen LogP contribution in [0.2, 0.25) is 0 Å². The van der Waals surface area contributed by atoms with E-state index in [-0.39, 0.29) is 30.6 Å². The molecule has 41 heavy (non-hydrogen) atoms. The summed E-state index contributed by atoms with van der Waals surface area (Å²) in [6.45, 7) is 3.13. The molecule has 0 aliphatic heterocycles. The number of amides is 2. The molecule has 0 saturated carbocycles. The van der Waals surface area contributed by atoms with Gasteiger partial charge in [-0.3, -0.25) is 9.59 Å². The fourth-order valence-corrected chi connectivity index (χ4v) is 5.69. The molecule has 0 aromatic heterocycles. The van der Waals surface area contributed by atoms with Crippen molar-refractivity contribution in [1.82, 2.24) is 14.5 Å². The summed E-state index contributed by atoms with van der Waals surface area (Å²) in [6.07, 6.45) is 0.883. The predicted molar refractivity (Wildman–Crippen MR) is 163 cm³/mol. The van der Waals surface area contributed by atoms with Gasteiger partial charge in [0.05, 0.1) is 5.69 Å². The molecule has 220 valence electrons. The molecule has 0 aliphatic rings. The molecule has 0 aliphatic carbocycles. The molecule has 0 fully saturated rings. The Hall–Kier alpha value is -3.28. The van der Waals surface area contributed by atoms with Crippen molar-refractivity contribution in [2.24, 2.45) is 0 Å². The third-order valence-electron chi connectivity index (χ3n) is 6.65. The van der Waals surface area contributed by atoms with E-state index in [0.29, 0.717) is 6.42 Å². The van der Waals surface area contributed by atoms with Gasteiger partial charge >= 0.3 is 10.2 Å². The predicted octanol–water partition coefficient (Wildman–Crippen LogP) is 4.76. The summed E-state index contributed by atoms with van der Waals surface area (Å²) in [7, 11) is -1.66. The van der Waals surface area contributed by atoms with Gasteiger partial charge in [0.1, 0.15) is 18.4 Å². The summed E-state index contributed by atoms with van der Waals surface area (Å²) in [5, 5.41) is 2.98. The zero-order chi connectivity index (χ0) is 30.2. The van der Waals surface area contributed by atoms with Crippen LogP contribution in [0.5, 0.6) is 0 Å². The summed E-state index contributed by atoms with van der Waals surface area (Å²) in [5.41, 5.74) is 1.30. The second kappa shape index (κ2) is 14.6. The van der Waals surface area contributed by atoms with E-state index < -0.39 is 34.5 Å². The highest BCUT2D eigenvalue weighted by Crippen LogP contribution is 2.25. The Labute approximate surface area is 250 Å². The van der Waals surface area contributed by atoms with Gasteiger partial charge in [-0.25, -0.2) is 8.70 Å². The van der Waals surface area contributed by atoms with E-state index in [0.717, 1.165) is 30.3 Å². The highest BCUT2D eigenvalue weighted by Gasteiger charge is 2.35. The normalized spacial score (nSPS) is 13.0. The summed E-state index contributed by atoms with van der Waals surface area (Å²) < 4.78 is 44.1. The second-order valence-electron chi connectivity index (χ2n) is 9.92. The average Bonchev–Trinajstić information content (AvgIpc) is 2.94. The van der Waals surface area contributed by atoms with Crippen molar-refractivity contribution in [3.05, 3.63) is 100 Å². The number of halogens is 2. The highest BCUT2D eigenvalue weighted by atomic mass is 79.9. The molecule has 2 atom stereocenters. The van der Waals surface area contributed by atoms with Gasteiger partial charge < -0.3 is 10.2 Å².